The predicted octanol–water partition coefficient (Wildman–Crippen LogP) is 6.02. The van der Waals surface area contributed by atoms with Crippen LogP contribution in [-0.2, 0) is 41.8 Å². The van der Waals surface area contributed by atoms with Crippen molar-refractivity contribution in [3.8, 4) is 33.9 Å². The topological polar surface area (TPSA) is 145 Å². The summed E-state index contributed by atoms with van der Waals surface area (Å²) in [6.07, 6.45) is 1.46. The molecule has 5 aromatic rings. The molecule has 13 nitrogen and oxygen atoms in total. The summed E-state index contributed by atoms with van der Waals surface area (Å²) in [7, 11) is -2.41. The molecule has 58 heavy (non-hydrogen) atoms. The van der Waals surface area contributed by atoms with Crippen LogP contribution in [0.5, 0.6) is 11.5 Å². The van der Waals surface area contributed by atoms with E-state index in [2.05, 4.69) is 0 Å². The van der Waals surface area contributed by atoms with Crippen molar-refractivity contribution in [2.24, 2.45) is 0 Å². The number of fused-ring (bicyclic) bond motifs is 5. The predicted molar refractivity (Wildman–Crippen MR) is 222 cm³/mol. The first-order chi connectivity index (χ1) is 27.7. The summed E-state index contributed by atoms with van der Waals surface area (Å²) in [6.45, 7) is 2.19. The van der Waals surface area contributed by atoms with E-state index in [9.17, 15) is 21.6 Å². The second-order valence-corrected chi connectivity index (χ2v) is 18.5. The van der Waals surface area contributed by atoms with Crippen molar-refractivity contribution < 1.29 is 40.6 Å². The van der Waals surface area contributed by atoms with Gasteiger partial charge in [0.05, 0.1) is 19.9 Å². The number of rotatable bonds is 13. The first kappa shape index (κ1) is 40.6. The van der Waals surface area contributed by atoms with Gasteiger partial charge < -0.3 is 18.8 Å². The molecule has 0 saturated heterocycles. The zero-order chi connectivity index (χ0) is 41.7. The van der Waals surface area contributed by atoms with Crippen molar-refractivity contribution in [1.29, 1.82) is 0 Å². The highest BCUT2D eigenvalue weighted by atomic mass is 32.3. The third kappa shape index (κ3) is 6.25. The number of hydrogen-bond donors (Lipinski definition) is 0. The highest BCUT2D eigenvalue weighted by molar-refractivity contribution is 8.02. The zero-order valence-corrected chi connectivity index (χ0v) is 34.8. The maximum atomic E-state index is 16.0. The molecule has 2 unspecified atom stereocenters. The number of methoxy groups -OCH3 is 2. The minimum Gasteiger partial charge on any atom is -0.497 e. The van der Waals surface area contributed by atoms with Gasteiger partial charge in [-0.1, -0.05) is 66.7 Å². The molecule has 0 radical (unpaired) electrons. The maximum Gasteiger partial charge on any atom is 0.320 e. The minimum atomic E-state index is -5.04. The van der Waals surface area contributed by atoms with Crippen LogP contribution in [0.4, 0.5) is 0 Å². The van der Waals surface area contributed by atoms with Crippen LogP contribution in [-0.4, -0.2) is 94.9 Å². The molecule has 1 aliphatic heterocycles. The van der Waals surface area contributed by atoms with Gasteiger partial charge in [-0.25, -0.2) is 0 Å². The van der Waals surface area contributed by atoms with E-state index < -0.39 is 38.0 Å². The summed E-state index contributed by atoms with van der Waals surface area (Å²) in [5, 5.41) is 0. The smallest absolute Gasteiger partial charge is 0.320 e. The van der Waals surface area contributed by atoms with Crippen molar-refractivity contribution in [1.82, 2.24) is 16.9 Å². The van der Waals surface area contributed by atoms with Gasteiger partial charge >= 0.3 is 20.4 Å². The average molecular weight is 825 g/mol. The average Bonchev–Trinajstić information content (AvgIpc) is 3.71. The Hall–Kier alpha value is -5.58. The number of amides is 1. The standard InChI is InChI=1S/C43H44N4O9S2/c1-8-56-41-35-24-32(55-7)20-22-34(35)40-39(28-15-11-9-12-16-28)36-25-37(33-21-19-31(54-6)23-29(33)27-48)43(26-38(36)46(40)41,30-17-13-10-14-18-30)42(49)47(57(50,51)44(2)3)58(52,53)45(4)5/h9-25,27,41H,8,26H2,1-7H3. The first-order valence-corrected chi connectivity index (χ1v) is 21.2. The Morgan fingerprint density at radius 3 is 1.93 bits per heavy atom. The fourth-order valence-corrected chi connectivity index (χ4v) is 11.0. The zero-order valence-electron chi connectivity index (χ0n) is 33.2. The van der Waals surface area contributed by atoms with Gasteiger partial charge in [-0.05, 0) is 65.6 Å². The SMILES string of the molecule is CCOC1c2cc(OC)ccc2-c2c(-c3ccccc3)c3c(n21)CC(C(=O)N(S(=O)(=O)N(C)C)S(=O)(=O)N(C)C)(c1ccccc1)C(c1ccc(OC)cc1C=O)=C3. The molecule has 0 N–H and O–H groups in total. The molecule has 4 aromatic carbocycles. The van der Waals surface area contributed by atoms with E-state index in [0.29, 0.717) is 49.8 Å². The van der Waals surface area contributed by atoms with Gasteiger partial charge in [0.25, 0.3) is 5.91 Å². The number of aromatic nitrogens is 1. The molecule has 0 bridgehead atoms. The van der Waals surface area contributed by atoms with Crippen molar-refractivity contribution >= 4 is 44.3 Å². The molecule has 15 heteroatoms. The molecule has 7 rings (SSSR count). The summed E-state index contributed by atoms with van der Waals surface area (Å²) in [4.78, 5) is 29.1. The fourth-order valence-electron chi connectivity index (χ4n) is 7.97. The van der Waals surface area contributed by atoms with Crippen LogP contribution in [0.15, 0.2) is 97.1 Å². The summed E-state index contributed by atoms with van der Waals surface area (Å²) in [6, 6.07) is 28.7. The largest absolute Gasteiger partial charge is 0.497 e. The molecule has 302 valence electrons. The summed E-state index contributed by atoms with van der Waals surface area (Å²) < 4.78 is 78.4. The van der Waals surface area contributed by atoms with E-state index in [1.807, 2.05) is 60.0 Å². The van der Waals surface area contributed by atoms with Crippen LogP contribution in [0.3, 0.4) is 0 Å². The Morgan fingerprint density at radius 1 is 0.810 bits per heavy atom. The number of aldehydes is 1. The molecule has 2 aliphatic rings. The maximum absolute atomic E-state index is 16.0. The highest BCUT2D eigenvalue weighted by Crippen LogP contribution is 2.57. The summed E-state index contributed by atoms with van der Waals surface area (Å²) >= 11 is 0. The van der Waals surface area contributed by atoms with Crippen LogP contribution in [0.1, 0.15) is 51.5 Å². The second-order valence-electron chi connectivity index (χ2n) is 14.2. The van der Waals surface area contributed by atoms with Crippen LogP contribution in [0, 0.1) is 0 Å². The van der Waals surface area contributed by atoms with Gasteiger partial charge in [-0.15, -0.1) is 3.71 Å². The lowest BCUT2D eigenvalue weighted by Crippen LogP contribution is -2.58. The normalized spacial score (nSPS) is 17.3. The fraction of sp³-hybridized carbons (Fsp3) is 0.256. The molecule has 0 fully saturated rings. The van der Waals surface area contributed by atoms with E-state index in [1.165, 1.54) is 13.2 Å². The molecular formula is C43H44N4O9S2. The molecular weight excluding hydrogens is 781 g/mol. The minimum absolute atomic E-state index is 0.0263. The molecule has 0 spiro atoms. The Kier molecular flexibility index (Phi) is 10.7. The van der Waals surface area contributed by atoms with E-state index in [0.717, 1.165) is 56.1 Å². The third-order valence-corrected chi connectivity index (χ3v) is 14.9. The lowest BCUT2D eigenvalue weighted by molar-refractivity contribution is -0.127. The molecule has 2 atom stereocenters. The van der Waals surface area contributed by atoms with Crippen LogP contribution < -0.4 is 9.47 Å². The van der Waals surface area contributed by atoms with Gasteiger partial charge in [-0.2, -0.15) is 25.4 Å². The van der Waals surface area contributed by atoms with Gasteiger partial charge in [0.2, 0.25) is 0 Å². The van der Waals surface area contributed by atoms with E-state index in [4.69, 9.17) is 14.2 Å². The van der Waals surface area contributed by atoms with Crippen molar-refractivity contribution in [2.75, 3.05) is 49.0 Å². The van der Waals surface area contributed by atoms with E-state index in [1.54, 1.807) is 55.7 Å². The van der Waals surface area contributed by atoms with Crippen LogP contribution in [0.25, 0.3) is 34.0 Å². The second kappa shape index (κ2) is 15.3. The Bertz CT molecular complexity index is 2640. The number of hydrogen-bond acceptors (Lipinski definition) is 9. The number of carbonyl (C=O) groups is 2. The molecule has 0 saturated carbocycles. The third-order valence-electron chi connectivity index (χ3n) is 10.7. The van der Waals surface area contributed by atoms with E-state index >= 15 is 4.79 Å². The van der Waals surface area contributed by atoms with Crippen molar-refractivity contribution in [2.45, 2.75) is 25.0 Å². The highest BCUT2D eigenvalue weighted by Gasteiger charge is 2.57. The van der Waals surface area contributed by atoms with Gasteiger partial charge in [0.15, 0.2) is 12.5 Å². The van der Waals surface area contributed by atoms with Gasteiger partial charge in [0, 0.05) is 74.7 Å². The summed E-state index contributed by atoms with van der Waals surface area (Å²) in [5.41, 5.74) is 4.17. The van der Waals surface area contributed by atoms with E-state index in [-0.39, 0.29) is 26.8 Å². The van der Waals surface area contributed by atoms with Crippen LogP contribution >= 0.6 is 0 Å². The first-order valence-electron chi connectivity index (χ1n) is 18.4. The lowest BCUT2D eigenvalue weighted by atomic mass is 9.64. The molecule has 1 aliphatic carbocycles. The number of benzene rings is 4. The Balaban J connectivity index is 1.70. The van der Waals surface area contributed by atoms with Crippen molar-refractivity contribution in [3.05, 3.63) is 131 Å². The van der Waals surface area contributed by atoms with Gasteiger partial charge in [0.1, 0.15) is 16.9 Å². The Labute approximate surface area is 339 Å². The lowest BCUT2D eigenvalue weighted by Gasteiger charge is -2.42. The molecule has 1 aromatic heterocycles. The monoisotopic (exact) mass is 824 g/mol. The molecule has 2 heterocycles. The number of carbonyl (C=O) groups excluding carboxylic acids is 2. The number of ether oxygens (including phenoxy) is 3. The summed E-state index contributed by atoms with van der Waals surface area (Å²) in [5.74, 6) is -0.293. The van der Waals surface area contributed by atoms with Gasteiger partial charge in [-0.3, -0.25) is 9.59 Å². The van der Waals surface area contributed by atoms with Crippen LogP contribution in [0.2, 0.25) is 0 Å². The quantitative estimate of drug-likeness (QED) is 0.130. The number of nitrogens with zero attached hydrogens (tertiary/aromatic N) is 4. The Morgan fingerprint density at radius 2 is 1.38 bits per heavy atom. The molecule has 1 amide bonds. The van der Waals surface area contributed by atoms with Crippen molar-refractivity contribution in [3.63, 3.8) is 0 Å².